The molecule has 7 heteroatoms. The molecule has 2 saturated heterocycles. The molecule has 1 aliphatic carbocycles. The number of benzene rings is 2. The summed E-state index contributed by atoms with van der Waals surface area (Å²) >= 11 is 0. The first-order valence-electron chi connectivity index (χ1n) is 10.1. The molecule has 0 aromatic heterocycles. The zero-order valence-corrected chi connectivity index (χ0v) is 17.2. The second kappa shape index (κ2) is 7.18. The van der Waals surface area contributed by atoms with Crippen LogP contribution in [0.25, 0.3) is 11.1 Å². The quantitative estimate of drug-likeness (QED) is 0.561. The number of likely N-dealkylation sites (tertiary alicyclic amines) is 1. The first-order chi connectivity index (χ1) is 14.5. The van der Waals surface area contributed by atoms with E-state index < -0.39 is 10.0 Å². The van der Waals surface area contributed by atoms with Crippen molar-refractivity contribution >= 4 is 21.8 Å². The van der Waals surface area contributed by atoms with Crippen LogP contribution in [0.15, 0.2) is 71.6 Å². The highest BCUT2D eigenvalue weighted by atomic mass is 32.2. The molecule has 0 radical (unpaired) electrons. The van der Waals surface area contributed by atoms with E-state index >= 15 is 0 Å². The molecular formula is C23H22N2O4S. The largest absolute Gasteiger partial charge is 0.276 e. The highest BCUT2D eigenvalue weighted by Gasteiger charge is 2.53. The Kier molecular flexibility index (Phi) is 4.60. The van der Waals surface area contributed by atoms with Crippen molar-refractivity contribution < 1.29 is 18.0 Å². The van der Waals surface area contributed by atoms with Gasteiger partial charge in [0.1, 0.15) is 0 Å². The van der Waals surface area contributed by atoms with E-state index in [1.165, 1.54) is 9.21 Å². The SMILES string of the molecule is O=C1C2CC=CCC2C(=O)N1C1CN(S(=O)(=O)c2cccc(-c3ccccc3)c2)C1. The minimum absolute atomic E-state index is 0.150. The summed E-state index contributed by atoms with van der Waals surface area (Å²) in [5.74, 6) is -0.864. The van der Waals surface area contributed by atoms with Gasteiger partial charge < -0.3 is 0 Å². The van der Waals surface area contributed by atoms with Crippen molar-refractivity contribution in [2.45, 2.75) is 23.8 Å². The van der Waals surface area contributed by atoms with Gasteiger partial charge in [0.2, 0.25) is 21.8 Å². The van der Waals surface area contributed by atoms with Gasteiger partial charge in [-0.25, -0.2) is 8.42 Å². The van der Waals surface area contributed by atoms with Crippen LogP contribution in [-0.2, 0) is 19.6 Å². The molecule has 2 fully saturated rings. The summed E-state index contributed by atoms with van der Waals surface area (Å²) in [5.41, 5.74) is 1.77. The normalized spacial score (nSPS) is 24.7. The predicted octanol–water partition coefficient (Wildman–Crippen LogP) is 2.68. The summed E-state index contributed by atoms with van der Waals surface area (Å²) < 4.78 is 27.5. The maximum absolute atomic E-state index is 13.1. The number of sulfonamides is 1. The van der Waals surface area contributed by atoms with Crippen molar-refractivity contribution in [1.29, 1.82) is 0 Å². The highest BCUT2D eigenvalue weighted by Crippen LogP contribution is 2.38. The molecule has 2 heterocycles. The molecular weight excluding hydrogens is 400 g/mol. The molecule has 0 saturated carbocycles. The van der Waals surface area contributed by atoms with Crippen LogP contribution in [0.4, 0.5) is 0 Å². The van der Waals surface area contributed by atoms with Crippen LogP contribution < -0.4 is 0 Å². The van der Waals surface area contributed by atoms with Gasteiger partial charge in [0.05, 0.1) is 22.8 Å². The van der Waals surface area contributed by atoms with Crippen molar-refractivity contribution in [3.8, 4) is 11.1 Å². The number of amides is 2. The molecule has 2 unspecified atom stereocenters. The standard InChI is InChI=1S/C23H22N2O4S/c26-22-20-11-4-5-12-21(20)23(27)25(22)18-14-24(15-18)30(28,29)19-10-6-9-17(13-19)16-7-2-1-3-8-16/h1-10,13,18,20-21H,11-12,14-15H2. The van der Waals surface area contributed by atoms with Crippen LogP contribution in [0.5, 0.6) is 0 Å². The van der Waals surface area contributed by atoms with E-state index in [1.54, 1.807) is 18.2 Å². The second-order valence-corrected chi connectivity index (χ2v) is 10.0. The molecule has 30 heavy (non-hydrogen) atoms. The average molecular weight is 423 g/mol. The minimum Gasteiger partial charge on any atom is -0.276 e. The summed E-state index contributed by atoms with van der Waals surface area (Å²) in [6.07, 6.45) is 5.08. The summed E-state index contributed by atoms with van der Waals surface area (Å²) in [6.45, 7) is 0.310. The number of nitrogens with zero attached hydrogens (tertiary/aromatic N) is 2. The molecule has 2 aliphatic heterocycles. The molecule has 2 aromatic rings. The summed E-state index contributed by atoms with van der Waals surface area (Å²) in [5, 5.41) is 0. The van der Waals surface area contributed by atoms with Crippen LogP contribution in [-0.4, -0.2) is 48.6 Å². The zero-order chi connectivity index (χ0) is 20.9. The Labute approximate surface area is 175 Å². The number of hydrogen-bond acceptors (Lipinski definition) is 4. The Hall–Kier alpha value is -2.77. The summed E-state index contributed by atoms with van der Waals surface area (Å²) in [7, 11) is -3.68. The van der Waals surface area contributed by atoms with E-state index in [9.17, 15) is 18.0 Å². The molecule has 0 spiro atoms. The second-order valence-electron chi connectivity index (χ2n) is 8.07. The van der Waals surface area contributed by atoms with Crippen LogP contribution in [0.1, 0.15) is 12.8 Å². The van der Waals surface area contributed by atoms with Gasteiger partial charge in [-0.1, -0.05) is 54.6 Å². The lowest BCUT2D eigenvalue weighted by molar-refractivity contribution is -0.145. The fraction of sp³-hybridized carbons (Fsp3) is 0.304. The fourth-order valence-electron chi connectivity index (χ4n) is 4.58. The van der Waals surface area contributed by atoms with E-state index in [-0.39, 0.29) is 47.7 Å². The van der Waals surface area contributed by atoms with Crippen molar-refractivity contribution in [2.75, 3.05) is 13.1 Å². The van der Waals surface area contributed by atoms with Crippen molar-refractivity contribution in [2.24, 2.45) is 11.8 Å². The maximum atomic E-state index is 13.1. The molecule has 3 aliphatic rings. The third-order valence-electron chi connectivity index (χ3n) is 6.31. The van der Waals surface area contributed by atoms with Gasteiger partial charge in [0.15, 0.2) is 0 Å². The maximum Gasteiger partial charge on any atom is 0.243 e. The number of imide groups is 1. The molecule has 6 nitrogen and oxygen atoms in total. The van der Waals surface area contributed by atoms with Gasteiger partial charge in [-0.3, -0.25) is 14.5 Å². The van der Waals surface area contributed by atoms with E-state index in [0.717, 1.165) is 11.1 Å². The van der Waals surface area contributed by atoms with Crippen molar-refractivity contribution in [3.05, 3.63) is 66.7 Å². The van der Waals surface area contributed by atoms with Gasteiger partial charge in [0.25, 0.3) is 0 Å². The van der Waals surface area contributed by atoms with E-state index in [0.29, 0.717) is 12.8 Å². The Balaban J connectivity index is 1.33. The number of hydrogen-bond donors (Lipinski definition) is 0. The lowest BCUT2D eigenvalue weighted by Gasteiger charge is -2.42. The molecule has 2 aromatic carbocycles. The van der Waals surface area contributed by atoms with Crippen LogP contribution in [0, 0.1) is 11.8 Å². The lowest BCUT2D eigenvalue weighted by Crippen LogP contribution is -2.62. The Morgan fingerprint density at radius 2 is 1.37 bits per heavy atom. The Bertz CT molecular complexity index is 1110. The lowest BCUT2D eigenvalue weighted by atomic mass is 9.85. The molecule has 2 amide bonds. The predicted molar refractivity (Wildman–Crippen MR) is 112 cm³/mol. The topological polar surface area (TPSA) is 74.8 Å². The monoisotopic (exact) mass is 422 g/mol. The number of fused-ring (bicyclic) bond motifs is 1. The van der Waals surface area contributed by atoms with Gasteiger partial charge in [-0.05, 0) is 36.1 Å². The van der Waals surface area contributed by atoms with Gasteiger partial charge in [-0.2, -0.15) is 4.31 Å². The summed E-state index contributed by atoms with van der Waals surface area (Å²) in [4.78, 5) is 27.0. The number of carbonyl (C=O) groups is 2. The molecule has 0 bridgehead atoms. The number of allylic oxidation sites excluding steroid dienone is 2. The first kappa shape index (κ1) is 19.2. The molecule has 2 atom stereocenters. The highest BCUT2D eigenvalue weighted by molar-refractivity contribution is 7.89. The third-order valence-corrected chi connectivity index (χ3v) is 8.14. The van der Waals surface area contributed by atoms with Crippen LogP contribution in [0.3, 0.4) is 0 Å². The van der Waals surface area contributed by atoms with Crippen LogP contribution >= 0.6 is 0 Å². The number of rotatable bonds is 4. The van der Waals surface area contributed by atoms with Gasteiger partial charge in [0, 0.05) is 13.1 Å². The fourth-order valence-corrected chi connectivity index (χ4v) is 6.14. The zero-order valence-electron chi connectivity index (χ0n) is 16.3. The number of carbonyl (C=O) groups excluding carboxylic acids is 2. The Morgan fingerprint density at radius 3 is 2.00 bits per heavy atom. The van der Waals surface area contributed by atoms with Crippen molar-refractivity contribution in [1.82, 2.24) is 9.21 Å². The first-order valence-corrected chi connectivity index (χ1v) is 11.6. The third kappa shape index (κ3) is 3.00. The molecule has 0 N–H and O–H groups in total. The Morgan fingerprint density at radius 1 is 0.767 bits per heavy atom. The smallest absolute Gasteiger partial charge is 0.243 e. The van der Waals surface area contributed by atoms with E-state index in [2.05, 4.69) is 0 Å². The van der Waals surface area contributed by atoms with Crippen LogP contribution in [0.2, 0.25) is 0 Å². The van der Waals surface area contributed by atoms with Crippen molar-refractivity contribution in [3.63, 3.8) is 0 Å². The summed E-state index contributed by atoms with van der Waals surface area (Å²) in [6, 6.07) is 16.1. The van der Waals surface area contributed by atoms with E-state index in [4.69, 9.17) is 0 Å². The molecule has 5 rings (SSSR count). The van der Waals surface area contributed by atoms with E-state index in [1.807, 2.05) is 48.6 Å². The van der Waals surface area contributed by atoms with Gasteiger partial charge >= 0.3 is 0 Å². The molecule has 154 valence electrons. The minimum atomic E-state index is -3.68. The average Bonchev–Trinajstić information content (AvgIpc) is 2.99. The van der Waals surface area contributed by atoms with Gasteiger partial charge in [-0.15, -0.1) is 0 Å².